The number of rotatable bonds is 45. The Kier molecular flexibility index (Phi) is 39.5. The Hall–Kier alpha value is -1.53. The van der Waals surface area contributed by atoms with Crippen LogP contribution < -0.4 is 5.32 Å². The molecule has 2 heterocycles. The Morgan fingerprint density at radius 1 is 0.500 bits per heavy atom. The van der Waals surface area contributed by atoms with Gasteiger partial charge in [-0.2, -0.15) is 0 Å². The third kappa shape index (κ3) is 28.8. The van der Waals surface area contributed by atoms with Crippen molar-refractivity contribution in [2.24, 2.45) is 0 Å². The van der Waals surface area contributed by atoms with Crippen LogP contribution >= 0.6 is 0 Å². The Morgan fingerprint density at radius 2 is 0.914 bits per heavy atom. The molecule has 0 aromatic carbocycles. The third-order valence-corrected chi connectivity index (χ3v) is 14.1. The van der Waals surface area contributed by atoms with Gasteiger partial charge in [-0.05, 0) is 32.1 Å². The molecule has 0 radical (unpaired) electrons. The van der Waals surface area contributed by atoms with E-state index in [-0.39, 0.29) is 18.9 Å². The van der Waals surface area contributed by atoms with Gasteiger partial charge in [-0.15, -0.1) is 0 Å². The lowest BCUT2D eigenvalue weighted by Crippen LogP contribution is -2.65. The molecule has 14 nitrogen and oxygen atoms in total. The van der Waals surface area contributed by atoms with Crippen molar-refractivity contribution in [1.29, 1.82) is 0 Å². The van der Waals surface area contributed by atoms with Gasteiger partial charge in [0.05, 0.1) is 32.0 Å². The molecule has 0 bridgehead atoms. The molecule has 2 saturated heterocycles. The molecule has 2 aliphatic rings. The highest BCUT2D eigenvalue weighted by atomic mass is 16.7. The zero-order chi connectivity index (χ0) is 51.0. The molecule has 0 aromatic heterocycles. The van der Waals surface area contributed by atoms with Gasteiger partial charge in [0.1, 0.15) is 48.8 Å². The number of aliphatic hydroxyl groups is 8. The Labute approximate surface area is 424 Å². The van der Waals surface area contributed by atoms with E-state index < -0.39 is 86.8 Å². The lowest BCUT2D eigenvalue weighted by Gasteiger charge is -2.46. The van der Waals surface area contributed by atoms with Crippen LogP contribution in [0.5, 0.6) is 0 Å². The minimum absolute atomic E-state index is 0.246. The summed E-state index contributed by atoms with van der Waals surface area (Å²) in [6.45, 7) is 2.80. The van der Waals surface area contributed by atoms with Gasteiger partial charge in [0, 0.05) is 6.42 Å². The van der Waals surface area contributed by atoms with E-state index in [4.69, 9.17) is 18.9 Å². The summed E-state index contributed by atoms with van der Waals surface area (Å²) in [4.78, 5) is 13.2. The van der Waals surface area contributed by atoms with Crippen molar-refractivity contribution in [2.45, 2.75) is 306 Å². The van der Waals surface area contributed by atoms with E-state index in [1.807, 2.05) is 6.08 Å². The van der Waals surface area contributed by atoms with Gasteiger partial charge in [0.25, 0.3) is 0 Å². The highest BCUT2D eigenvalue weighted by Gasteiger charge is 2.51. The van der Waals surface area contributed by atoms with Crippen LogP contribution in [0.25, 0.3) is 0 Å². The predicted octanol–water partition coefficient (Wildman–Crippen LogP) is 8.89. The van der Waals surface area contributed by atoms with Crippen molar-refractivity contribution in [2.75, 3.05) is 19.8 Å². The van der Waals surface area contributed by atoms with Gasteiger partial charge >= 0.3 is 0 Å². The number of ether oxygens (including phenoxy) is 4. The number of carbonyl (C=O) groups is 1. The summed E-state index contributed by atoms with van der Waals surface area (Å²) in [6, 6.07) is -0.927. The van der Waals surface area contributed by atoms with E-state index in [1.54, 1.807) is 6.08 Å². The number of amides is 1. The first-order chi connectivity index (χ1) is 34.1. The molecule has 12 atom stereocenters. The van der Waals surface area contributed by atoms with Gasteiger partial charge in [-0.3, -0.25) is 4.79 Å². The second kappa shape index (κ2) is 42.8. The molecule has 2 fully saturated rings. The Bertz CT molecular complexity index is 1270. The summed E-state index contributed by atoms with van der Waals surface area (Å²) in [5.74, 6) is -0.246. The van der Waals surface area contributed by atoms with Gasteiger partial charge in [0.2, 0.25) is 5.91 Å². The summed E-state index contributed by atoms with van der Waals surface area (Å²) in [5, 5.41) is 86.9. The lowest BCUT2D eigenvalue weighted by atomic mass is 9.97. The number of carbonyl (C=O) groups excluding carboxylic acids is 1. The second-order valence-corrected chi connectivity index (χ2v) is 20.4. The molecule has 0 aromatic rings. The van der Waals surface area contributed by atoms with E-state index in [2.05, 4.69) is 31.3 Å². The van der Waals surface area contributed by atoms with Crippen LogP contribution in [0.15, 0.2) is 24.3 Å². The zero-order valence-corrected chi connectivity index (χ0v) is 44.0. The number of allylic oxidation sites excluding steroid dienone is 3. The number of nitrogens with one attached hydrogen (secondary N) is 1. The molecule has 1 amide bonds. The van der Waals surface area contributed by atoms with Gasteiger partial charge in [0.15, 0.2) is 12.6 Å². The fourth-order valence-corrected chi connectivity index (χ4v) is 9.48. The summed E-state index contributed by atoms with van der Waals surface area (Å²) in [7, 11) is 0. The monoisotopic (exact) mass is 1000 g/mol. The average molecular weight is 1000 g/mol. The van der Waals surface area contributed by atoms with Crippen LogP contribution in [0.4, 0.5) is 0 Å². The summed E-state index contributed by atoms with van der Waals surface area (Å²) in [5.41, 5.74) is 0. The normalized spacial score (nSPS) is 26.1. The van der Waals surface area contributed by atoms with Crippen molar-refractivity contribution in [3.05, 3.63) is 24.3 Å². The summed E-state index contributed by atoms with van der Waals surface area (Å²) < 4.78 is 22.7. The van der Waals surface area contributed by atoms with Crippen molar-refractivity contribution in [3.8, 4) is 0 Å². The van der Waals surface area contributed by atoms with Gasteiger partial charge in [-0.25, -0.2) is 0 Å². The molecule has 0 spiro atoms. The largest absolute Gasteiger partial charge is 0.394 e. The van der Waals surface area contributed by atoms with Gasteiger partial charge in [-0.1, -0.05) is 218 Å². The zero-order valence-electron chi connectivity index (χ0n) is 44.0. The first-order valence-corrected chi connectivity index (χ1v) is 28.6. The Balaban J connectivity index is 1.81. The van der Waals surface area contributed by atoms with Crippen LogP contribution in [-0.4, -0.2) is 140 Å². The molecule has 9 N–H and O–H groups in total. The van der Waals surface area contributed by atoms with Crippen molar-refractivity contribution in [1.82, 2.24) is 5.32 Å². The van der Waals surface area contributed by atoms with Crippen molar-refractivity contribution >= 4 is 5.91 Å². The van der Waals surface area contributed by atoms with Crippen LogP contribution in [0.1, 0.15) is 232 Å². The maximum Gasteiger partial charge on any atom is 0.220 e. The first-order valence-electron chi connectivity index (χ1n) is 28.6. The number of unbranched alkanes of at least 4 members (excludes halogenated alkanes) is 30. The third-order valence-electron chi connectivity index (χ3n) is 14.1. The first kappa shape index (κ1) is 64.6. The molecule has 12 unspecified atom stereocenters. The molecular weight excluding hydrogens is 895 g/mol. The number of hydrogen-bond acceptors (Lipinski definition) is 13. The fourth-order valence-electron chi connectivity index (χ4n) is 9.48. The lowest BCUT2D eigenvalue weighted by molar-refractivity contribution is -0.359. The second-order valence-electron chi connectivity index (χ2n) is 20.4. The Morgan fingerprint density at radius 3 is 1.40 bits per heavy atom. The smallest absolute Gasteiger partial charge is 0.220 e. The van der Waals surface area contributed by atoms with E-state index in [0.717, 1.165) is 32.1 Å². The molecular formula is C56H105NO13. The molecule has 14 heteroatoms. The van der Waals surface area contributed by atoms with Crippen LogP contribution in [0.2, 0.25) is 0 Å². The minimum Gasteiger partial charge on any atom is -0.394 e. The minimum atomic E-state index is -1.79. The standard InChI is InChI=1S/C56H105NO13/c1-3-5-7-9-11-13-15-17-19-21-22-23-24-25-27-29-31-33-35-37-39-45(60)44(57-48(61)40-38-36-34-32-30-28-26-20-18-16-14-12-10-8-6-4-2)43-67-55-53(66)51(64)54(47(42-59)69-55)70-56-52(65)50(63)49(62)46(41-58)68-56/h29,31,37,39,44-47,49-56,58-60,62-66H,3-28,30,32-36,38,40-43H2,1-2H3,(H,57,61)/b31-29+,39-37+. The quantitative estimate of drug-likeness (QED) is 0.0205. The maximum atomic E-state index is 13.2. The maximum absolute atomic E-state index is 13.2. The molecule has 2 rings (SSSR count). The number of hydrogen-bond donors (Lipinski definition) is 9. The van der Waals surface area contributed by atoms with E-state index >= 15 is 0 Å². The van der Waals surface area contributed by atoms with E-state index in [0.29, 0.717) is 12.8 Å². The van der Waals surface area contributed by atoms with E-state index in [1.165, 1.54) is 167 Å². The average Bonchev–Trinajstić information content (AvgIpc) is 3.36. The number of aliphatic hydroxyl groups excluding tert-OH is 8. The molecule has 412 valence electrons. The molecule has 70 heavy (non-hydrogen) atoms. The molecule has 0 saturated carbocycles. The highest BCUT2D eigenvalue weighted by Crippen LogP contribution is 2.30. The van der Waals surface area contributed by atoms with Crippen molar-refractivity contribution in [3.63, 3.8) is 0 Å². The van der Waals surface area contributed by atoms with E-state index in [9.17, 15) is 45.6 Å². The SMILES string of the molecule is CCCCCCCCCCCCCCCC/C=C/CC/C=C/C(O)C(COC1OC(CO)C(OC2OC(CO)C(O)C(O)C2O)C(O)C1O)NC(=O)CCCCCCCCCCCCCCCCCC. The topological polar surface area (TPSA) is 228 Å². The summed E-state index contributed by atoms with van der Waals surface area (Å²) >= 11 is 0. The van der Waals surface area contributed by atoms with Crippen LogP contribution in [-0.2, 0) is 23.7 Å². The van der Waals surface area contributed by atoms with Gasteiger partial charge < -0.3 is 65.1 Å². The predicted molar refractivity (Wildman–Crippen MR) is 277 cm³/mol. The van der Waals surface area contributed by atoms with Crippen molar-refractivity contribution < 1.29 is 64.6 Å². The highest BCUT2D eigenvalue weighted by molar-refractivity contribution is 5.76. The fraction of sp³-hybridized carbons (Fsp3) is 0.911. The molecule has 2 aliphatic heterocycles. The van der Waals surface area contributed by atoms with Crippen LogP contribution in [0.3, 0.4) is 0 Å². The summed E-state index contributed by atoms with van der Waals surface area (Å²) in [6.07, 6.45) is 32.2. The molecule has 0 aliphatic carbocycles. The van der Waals surface area contributed by atoms with Crippen LogP contribution in [0, 0.1) is 0 Å².